The summed E-state index contributed by atoms with van der Waals surface area (Å²) in [4.78, 5) is 3.93. The molecule has 136 valence electrons. The van der Waals surface area contributed by atoms with Gasteiger partial charge in [0, 0.05) is 17.4 Å². The van der Waals surface area contributed by atoms with Gasteiger partial charge in [0.05, 0.1) is 16.5 Å². The molecule has 3 unspecified atom stereocenters. The van der Waals surface area contributed by atoms with E-state index < -0.39 is 28.4 Å². The smallest absolute Gasteiger partial charge is 0.248 e. The molecule has 24 heavy (non-hydrogen) atoms. The molecule has 3 atom stereocenters. The monoisotopic (exact) mass is 362 g/mol. The van der Waals surface area contributed by atoms with Gasteiger partial charge in [0.15, 0.2) is 0 Å². The molecule has 0 fully saturated rings. The number of halogens is 3. The van der Waals surface area contributed by atoms with Crippen molar-refractivity contribution in [1.29, 1.82) is 0 Å². The predicted molar refractivity (Wildman–Crippen MR) is 89.8 cm³/mol. The van der Waals surface area contributed by atoms with Crippen molar-refractivity contribution >= 4 is 11.0 Å². The first-order valence-corrected chi connectivity index (χ1v) is 9.65. The summed E-state index contributed by atoms with van der Waals surface area (Å²) in [5.41, 5.74) is -0.246. The molecule has 0 saturated carbocycles. The first-order chi connectivity index (χ1) is 11.1. The zero-order valence-electron chi connectivity index (χ0n) is 14.5. The van der Waals surface area contributed by atoms with Gasteiger partial charge >= 0.3 is 6.18 Å². The molecule has 1 aromatic heterocycles. The van der Waals surface area contributed by atoms with E-state index in [9.17, 15) is 17.4 Å². The molecule has 1 aliphatic carbocycles. The fraction of sp³-hybridized carbons (Fsp3) is 0.706. The lowest BCUT2D eigenvalue weighted by Gasteiger charge is -2.27. The van der Waals surface area contributed by atoms with Crippen LogP contribution in [0, 0.1) is 5.92 Å². The Morgan fingerprint density at radius 2 is 2.08 bits per heavy atom. The molecule has 0 aromatic carbocycles. The van der Waals surface area contributed by atoms with E-state index in [1.54, 1.807) is 0 Å². The summed E-state index contributed by atoms with van der Waals surface area (Å²) in [5.74, 6) is 0.623. The molecule has 0 aliphatic heterocycles. The Morgan fingerprint density at radius 1 is 1.42 bits per heavy atom. The first-order valence-electron chi connectivity index (χ1n) is 8.33. The van der Waals surface area contributed by atoms with Crippen molar-refractivity contribution in [2.45, 2.75) is 64.6 Å². The van der Waals surface area contributed by atoms with Crippen LogP contribution in [0.2, 0.25) is 0 Å². The van der Waals surface area contributed by atoms with Crippen LogP contribution < -0.4 is 4.72 Å². The second-order valence-corrected chi connectivity index (χ2v) is 8.32. The van der Waals surface area contributed by atoms with Crippen LogP contribution in [0.5, 0.6) is 0 Å². The van der Waals surface area contributed by atoms with Crippen molar-refractivity contribution in [2.24, 2.45) is 5.92 Å². The van der Waals surface area contributed by atoms with Gasteiger partial charge < -0.3 is 0 Å². The molecular weight excluding hydrogens is 337 g/mol. The molecule has 1 N–H and O–H groups in total. The number of nitrogens with one attached hydrogen (secondary N) is 1. The van der Waals surface area contributed by atoms with E-state index in [0.717, 1.165) is 24.5 Å². The van der Waals surface area contributed by atoms with Gasteiger partial charge in [-0.3, -0.25) is 0 Å². The van der Waals surface area contributed by atoms with Gasteiger partial charge in [0.1, 0.15) is 5.69 Å². The second kappa shape index (κ2) is 7.12. The topological polar surface area (TPSA) is 42.0 Å². The van der Waals surface area contributed by atoms with Gasteiger partial charge in [-0.15, -0.1) is 0 Å². The van der Waals surface area contributed by atoms with E-state index in [1.165, 1.54) is 6.07 Å². The van der Waals surface area contributed by atoms with Gasteiger partial charge in [0.25, 0.3) is 0 Å². The van der Waals surface area contributed by atoms with Crippen molar-refractivity contribution in [3.05, 3.63) is 29.1 Å². The minimum Gasteiger partial charge on any atom is -0.248 e. The third-order valence-electron chi connectivity index (χ3n) is 4.62. The van der Waals surface area contributed by atoms with Crippen LogP contribution in [-0.2, 0) is 22.7 Å². The number of aromatic nitrogens is 1. The SMILES string of the molecule is CCCCS(=O)NC1(C)CC(C(C)C)c2nc(C(F)(F)F)ccc21. The molecule has 3 nitrogen and oxygen atoms in total. The largest absolute Gasteiger partial charge is 0.433 e. The van der Waals surface area contributed by atoms with Crippen molar-refractivity contribution in [3.8, 4) is 0 Å². The highest BCUT2D eigenvalue weighted by atomic mass is 32.2. The molecular formula is C17H25F3N2OS. The standard InChI is InChI=1S/C17H25F3N2OS/c1-5-6-9-24(23)22-16(4)10-12(11(2)3)15-13(16)7-8-14(21-15)17(18,19)20/h7-8,11-12,22H,5-6,9-10H2,1-4H3. The fourth-order valence-corrected chi connectivity index (χ4v) is 4.60. The molecule has 1 heterocycles. The van der Waals surface area contributed by atoms with Gasteiger partial charge in [-0.2, -0.15) is 13.2 Å². The average Bonchev–Trinajstić information content (AvgIpc) is 2.77. The lowest BCUT2D eigenvalue weighted by molar-refractivity contribution is -0.141. The lowest BCUT2D eigenvalue weighted by atomic mass is 9.90. The van der Waals surface area contributed by atoms with Crippen LogP contribution >= 0.6 is 0 Å². The molecule has 0 spiro atoms. The van der Waals surface area contributed by atoms with Crippen LogP contribution in [0.3, 0.4) is 0 Å². The zero-order valence-corrected chi connectivity index (χ0v) is 15.4. The zero-order chi connectivity index (χ0) is 18.1. The summed E-state index contributed by atoms with van der Waals surface area (Å²) >= 11 is 0. The quantitative estimate of drug-likeness (QED) is 0.809. The van der Waals surface area contributed by atoms with Crippen LogP contribution in [0.1, 0.15) is 69.8 Å². The van der Waals surface area contributed by atoms with E-state index in [2.05, 4.69) is 9.71 Å². The third-order valence-corrected chi connectivity index (χ3v) is 5.95. The van der Waals surface area contributed by atoms with Crippen LogP contribution in [0.4, 0.5) is 13.2 Å². The minimum absolute atomic E-state index is 0.0806. The van der Waals surface area contributed by atoms with Gasteiger partial charge in [-0.1, -0.05) is 33.3 Å². The van der Waals surface area contributed by atoms with E-state index >= 15 is 0 Å². The highest BCUT2D eigenvalue weighted by Crippen LogP contribution is 2.47. The van der Waals surface area contributed by atoms with E-state index in [4.69, 9.17) is 0 Å². The Hall–Kier alpha value is -0.950. The summed E-state index contributed by atoms with van der Waals surface area (Å²) in [6.45, 7) is 7.90. The highest BCUT2D eigenvalue weighted by molar-refractivity contribution is 7.83. The van der Waals surface area contributed by atoms with Gasteiger partial charge in [-0.25, -0.2) is 13.9 Å². The molecule has 7 heteroatoms. The summed E-state index contributed by atoms with van der Waals surface area (Å²) in [7, 11) is -1.21. The summed E-state index contributed by atoms with van der Waals surface area (Å²) in [6, 6.07) is 2.52. The van der Waals surface area contributed by atoms with Gasteiger partial charge in [0.2, 0.25) is 0 Å². The number of hydrogen-bond donors (Lipinski definition) is 1. The van der Waals surface area contributed by atoms with Gasteiger partial charge in [-0.05, 0) is 37.3 Å². The minimum atomic E-state index is -4.45. The van der Waals surface area contributed by atoms with Crippen LogP contribution in [0.15, 0.2) is 12.1 Å². The third kappa shape index (κ3) is 3.99. The number of fused-ring (bicyclic) bond motifs is 1. The number of unbranched alkanes of at least 4 members (excludes halogenated alkanes) is 1. The maximum atomic E-state index is 13.0. The molecule has 1 aliphatic rings. The Kier molecular flexibility index (Phi) is 5.75. The normalized spacial score (nSPS) is 25.1. The molecule has 2 rings (SSSR count). The lowest BCUT2D eigenvalue weighted by Crippen LogP contribution is -2.40. The Bertz CT molecular complexity index is 618. The number of rotatable bonds is 6. The van der Waals surface area contributed by atoms with E-state index in [1.807, 2.05) is 27.7 Å². The van der Waals surface area contributed by atoms with Crippen molar-refractivity contribution in [1.82, 2.24) is 9.71 Å². The molecule has 1 aromatic rings. The van der Waals surface area contributed by atoms with E-state index in [-0.39, 0.29) is 11.8 Å². The Morgan fingerprint density at radius 3 is 2.62 bits per heavy atom. The molecule has 0 radical (unpaired) electrons. The highest BCUT2D eigenvalue weighted by Gasteiger charge is 2.45. The van der Waals surface area contributed by atoms with Crippen molar-refractivity contribution in [2.75, 3.05) is 5.75 Å². The predicted octanol–water partition coefficient (Wildman–Crippen LogP) is 4.51. The molecule has 0 bridgehead atoms. The Labute approximate surface area is 144 Å². The van der Waals surface area contributed by atoms with E-state index in [0.29, 0.717) is 17.9 Å². The molecule has 0 saturated heterocycles. The fourth-order valence-electron chi connectivity index (χ4n) is 3.25. The van der Waals surface area contributed by atoms with Crippen LogP contribution in [0.25, 0.3) is 0 Å². The summed E-state index contributed by atoms with van der Waals surface area (Å²) in [5, 5.41) is 0. The summed E-state index contributed by atoms with van der Waals surface area (Å²) in [6.07, 6.45) is -2.05. The number of pyridine rings is 1. The number of nitrogens with zero attached hydrogens (tertiary/aromatic N) is 1. The van der Waals surface area contributed by atoms with Crippen molar-refractivity contribution < 1.29 is 17.4 Å². The first kappa shape index (κ1) is 19.4. The van der Waals surface area contributed by atoms with Crippen LogP contribution in [-0.4, -0.2) is 14.9 Å². The second-order valence-electron chi connectivity index (χ2n) is 7.02. The number of hydrogen-bond acceptors (Lipinski definition) is 2. The summed E-state index contributed by atoms with van der Waals surface area (Å²) < 4.78 is 54.4. The maximum Gasteiger partial charge on any atom is 0.433 e. The maximum absolute atomic E-state index is 13.0. The average molecular weight is 362 g/mol. The Balaban J connectivity index is 2.37. The molecule has 0 amide bonds. The number of alkyl halides is 3. The van der Waals surface area contributed by atoms with Crippen molar-refractivity contribution in [3.63, 3.8) is 0 Å².